The summed E-state index contributed by atoms with van der Waals surface area (Å²) in [5, 5.41) is 0. The quantitative estimate of drug-likeness (QED) is 0.526. The van der Waals surface area contributed by atoms with Gasteiger partial charge in [-0.2, -0.15) is 0 Å². The first-order chi connectivity index (χ1) is 13.8. The molecule has 3 fully saturated rings. The maximum absolute atomic E-state index is 6.21. The first-order valence-electron chi connectivity index (χ1n) is 12.9. The van der Waals surface area contributed by atoms with Gasteiger partial charge in [0.05, 0.1) is 6.10 Å². The van der Waals surface area contributed by atoms with E-state index in [9.17, 15) is 0 Å². The van der Waals surface area contributed by atoms with Gasteiger partial charge in [0.15, 0.2) is 0 Å². The van der Waals surface area contributed by atoms with E-state index in [4.69, 9.17) is 4.74 Å². The fourth-order valence-corrected chi connectivity index (χ4v) is 7.26. The van der Waals surface area contributed by atoms with Crippen LogP contribution in [0.15, 0.2) is 0 Å². The van der Waals surface area contributed by atoms with Crippen LogP contribution in [0.4, 0.5) is 0 Å². The fraction of sp³-hybridized carbons (Fsp3) is 1.00. The normalized spacial score (nSPS) is 37.4. The molecule has 3 heterocycles. The molecule has 0 spiro atoms. The van der Waals surface area contributed by atoms with E-state index < -0.39 is 0 Å². The molecule has 3 aliphatic heterocycles. The molecular formula is C26H50N2O. The van der Waals surface area contributed by atoms with E-state index in [1.165, 1.54) is 58.3 Å². The Morgan fingerprint density at radius 2 is 1.48 bits per heavy atom. The van der Waals surface area contributed by atoms with Crippen LogP contribution in [0.1, 0.15) is 80.6 Å². The summed E-state index contributed by atoms with van der Waals surface area (Å²) in [6.07, 6.45) is 7.26. The Morgan fingerprint density at radius 1 is 0.793 bits per heavy atom. The SMILES string of the molecule is CC(C)C1OCCCC1CN1CCC(CCN2CCC(C)C2C(C)C)C1C(C)C. The van der Waals surface area contributed by atoms with Crippen molar-refractivity contribution in [2.45, 2.75) is 98.8 Å². The molecule has 0 aromatic heterocycles. The van der Waals surface area contributed by atoms with E-state index in [0.29, 0.717) is 12.0 Å². The van der Waals surface area contributed by atoms with Crippen LogP contribution in [0.25, 0.3) is 0 Å². The highest BCUT2D eigenvalue weighted by Crippen LogP contribution is 2.37. The second-order valence-electron chi connectivity index (χ2n) is 11.6. The molecule has 6 unspecified atom stereocenters. The third-order valence-corrected chi connectivity index (χ3v) is 8.34. The molecule has 0 radical (unpaired) electrons. The third-order valence-electron chi connectivity index (χ3n) is 8.34. The van der Waals surface area contributed by atoms with Crippen LogP contribution in [-0.2, 0) is 4.74 Å². The smallest absolute Gasteiger partial charge is 0.0638 e. The van der Waals surface area contributed by atoms with Crippen molar-refractivity contribution in [3.8, 4) is 0 Å². The summed E-state index contributed by atoms with van der Waals surface area (Å²) < 4.78 is 6.21. The lowest BCUT2D eigenvalue weighted by molar-refractivity contribution is -0.0640. The Hall–Kier alpha value is -0.120. The molecule has 3 nitrogen and oxygen atoms in total. The minimum absolute atomic E-state index is 0.466. The van der Waals surface area contributed by atoms with Crippen LogP contribution in [0.5, 0.6) is 0 Å². The van der Waals surface area contributed by atoms with Crippen molar-refractivity contribution >= 4 is 0 Å². The Labute approximate surface area is 181 Å². The van der Waals surface area contributed by atoms with Crippen LogP contribution >= 0.6 is 0 Å². The predicted octanol–water partition coefficient (Wildman–Crippen LogP) is 5.54. The fourth-order valence-electron chi connectivity index (χ4n) is 7.26. The van der Waals surface area contributed by atoms with Gasteiger partial charge in [-0.05, 0) is 87.2 Å². The van der Waals surface area contributed by atoms with Crippen molar-refractivity contribution in [1.29, 1.82) is 0 Å². The van der Waals surface area contributed by atoms with Crippen LogP contribution in [0.3, 0.4) is 0 Å². The molecule has 3 rings (SSSR count). The predicted molar refractivity (Wildman–Crippen MR) is 124 cm³/mol. The highest BCUT2D eigenvalue weighted by atomic mass is 16.5. The Balaban J connectivity index is 1.58. The largest absolute Gasteiger partial charge is 0.378 e. The van der Waals surface area contributed by atoms with E-state index in [1.807, 2.05) is 0 Å². The zero-order valence-electron chi connectivity index (χ0n) is 20.6. The summed E-state index contributed by atoms with van der Waals surface area (Å²) in [6, 6.07) is 1.57. The minimum atomic E-state index is 0.466. The lowest BCUT2D eigenvalue weighted by atomic mass is 9.85. The van der Waals surface area contributed by atoms with Crippen molar-refractivity contribution in [3.63, 3.8) is 0 Å². The van der Waals surface area contributed by atoms with Crippen molar-refractivity contribution in [3.05, 3.63) is 0 Å². The summed E-state index contributed by atoms with van der Waals surface area (Å²) in [5.41, 5.74) is 0. The number of nitrogens with zero attached hydrogens (tertiary/aromatic N) is 2. The molecule has 0 aromatic rings. The van der Waals surface area contributed by atoms with Crippen LogP contribution < -0.4 is 0 Å². The summed E-state index contributed by atoms with van der Waals surface area (Å²) in [6.45, 7) is 23.1. The minimum Gasteiger partial charge on any atom is -0.378 e. The molecule has 6 atom stereocenters. The van der Waals surface area contributed by atoms with Crippen molar-refractivity contribution in [2.24, 2.45) is 35.5 Å². The van der Waals surface area contributed by atoms with Gasteiger partial charge in [-0.1, -0.05) is 48.5 Å². The summed E-state index contributed by atoms with van der Waals surface area (Å²) in [7, 11) is 0. The van der Waals surface area contributed by atoms with Gasteiger partial charge in [-0.3, -0.25) is 9.80 Å². The molecule has 170 valence electrons. The summed E-state index contributed by atoms with van der Waals surface area (Å²) in [4.78, 5) is 5.70. The number of rotatable bonds is 8. The van der Waals surface area contributed by atoms with Gasteiger partial charge in [0.25, 0.3) is 0 Å². The molecule has 29 heavy (non-hydrogen) atoms. The first-order valence-corrected chi connectivity index (χ1v) is 12.9. The van der Waals surface area contributed by atoms with Crippen molar-refractivity contribution in [2.75, 3.05) is 32.8 Å². The topological polar surface area (TPSA) is 15.7 Å². The summed E-state index contributed by atoms with van der Waals surface area (Å²) >= 11 is 0. The molecule has 0 amide bonds. The van der Waals surface area contributed by atoms with Gasteiger partial charge in [0, 0.05) is 25.2 Å². The molecule has 0 N–H and O–H groups in total. The molecule has 0 saturated carbocycles. The number of hydrogen-bond acceptors (Lipinski definition) is 3. The van der Waals surface area contributed by atoms with E-state index in [-0.39, 0.29) is 0 Å². The van der Waals surface area contributed by atoms with Crippen molar-refractivity contribution in [1.82, 2.24) is 9.80 Å². The van der Waals surface area contributed by atoms with Gasteiger partial charge in [-0.15, -0.1) is 0 Å². The van der Waals surface area contributed by atoms with Gasteiger partial charge >= 0.3 is 0 Å². The molecule has 3 saturated heterocycles. The van der Waals surface area contributed by atoms with Crippen LogP contribution in [-0.4, -0.2) is 60.8 Å². The molecule has 0 aliphatic carbocycles. The lowest BCUT2D eigenvalue weighted by Gasteiger charge is -2.40. The second kappa shape index (κ2) is 10.5. The average Bonchev–Trinajstić information content (AvgIpc) is 3.23. The average molecular weight is 407 g/mol. The van der Waals surface area contributed by atoms with Crippen LogP contribution in [0, 0.1) is 35.5 Å². The Morgan fingerprint density at radius 3 is 2.14 bits per heavy atom. The first kappa shape index (κ1) is 23.5. The van der Waals surface area contributed by atoms with E-state index in [0.717, 1.165) is 48.3 Å². The Kier molecular flexibility index (Phi) is 8.49. The standard InChI is InChI=1S/C26H50N2O/c1-18(2)24-21(7)10-13-27(24)14-11-22-12-15-28(25(22)19(3)4)17-23-9-8-16-29-26(23)20(5)6/h18-26H,8-17H2,1-7H3. The maximum Gasteiger partial charge on any atom is 0.0638 e. The molecule has 3 heteroatoms. The van der Waals surface area contributed by atoms with E-state index in [1.54, 1.807) is 0 Å². The maximum atomic E-state index is 6.21. The summed E-state index contributed by atoms with van der Waals surface area (Å²) in [5.74, 6) is 4.65. The molecule has 0 aromatic carbocycles. The van der Waals surface area contributed by atoms with Crippen molar-refractivity contribution < 1.29 is 4.74 Å². The molecular weight excluding hydrogens is 356 g/mol. The second-order valence-corrected chi connectivity index (χ2v) is 11.6. The van der Waals surface area contributed by atoms with Gasteiger partial charge in [0.2, 0.25) is 0 Å². The van der Waals surface area contributed by atoms with Gasteiger partial charge < -0.3 is 4.74 Å². The lowest BCUT2D eigenvalue weighted by Crippen LogP contribution is -2.46. The monoisotopic (exact) mass is 406 g/mol. The van der Waals surface area contributed by atoms with E-state index in [2.05, 4.69) is 58.3 Å². The Bertz CT molecular complexity index is 491. The highest BCUT2D eigenvalue weighted by molar-refractivity contribution is 4.93. The molecule has 0 bridgehead atoms. The van der Waals surface area contributed by atoms with Gasteiger partial charge in [0.1, 0.15) is 0 Å². The zero-order chi connectivity index (χ0) is 21.1. The highest BCUT2D eigenvalue weighted by Gasteiger charge is 2.40. The third kappa shape index (κ3) is 5.57. The van der Waals surface area contributed by atoms with Crippen LogP contribution in [0.2, 0.25) is 0 Å². The number of hydrogen-bond donors (Lipinski definition) is 0. The zero-order valence-corrected chi connectivity index (χ0v) is 20.6. The van der Waals surface area contributed by atoms with Gasteiger partial charge in [-0.25, -0.2) is 0 Å². The molecule has 3 aliphatic rings. The number of likely N-dealkylation sites (tertiary alicyclic amines) is 2. The van der Waals surface area contributed by atoms with E-state index >= 15 is 0 Å². The number of ether oxygens (including phenoxy) is 1.